The van der Waals surface area contributed by atoms with Crippen LogP contribution in [0.25, 0.3) is 0 Å². The molecule has 1 aliphatic rings. The molecule has 0 aromatic heterocycles. The molecule has 1 aliphatic heterocycles. The maximum Gasteiger partial charge on any atom is 0.254 e. The molecular formula is C16H21N3O. The molecule has 4 nitrogen and oxygen atoms in total. The summed E-state index contributed by atoms with van der Waals surface area (Å²) in [5.41, 5.74) is 7.98. The average molecular weight is 271 g/mol. The molecule has 0 unspecified atom stereocenters. The monoisotopic (exact) mass is 271 g/mol. The van der Waals surface area contributed by atoms with Crippen LogP contribution in [0, 0.1) is 18.8 Å². The zero-order chi connectivity index (χ0) is 14.5. The van der Waals surface area contributed by atoms with Crippen molar-refractivity contribution in [2.75, 3.05) is 39.8 Å². The molecule has 106 valence electrons. The van der Waals surface area contributed by atoms with Crippen LogP contribution in [0.1, 0.15) is 21.5 Å². The molecule has 1 amide bonds. The first kappa shape index (κ1) is 14.6. The topological polar surface area (TPSA) is 49.6 Å². The van der Waals surface area contributed by atoms with E-state index in [9.17, 15) is 4.79 Å². The molecule has 1 saturated heterocycles. The van der Waals surface area contributed by atoms with Gasteiger partial charge in [-0.3, -0.25) is 4.79 Å². The summed E-state index contributed by atoms with van der Waals surface area (Å²) in [5, 5.41) is 0. The van der Waals surface area contributed by atoms with Gasteiger partial charge in [0.25, 0.3) is 5.91 Å². The average Bonchev–Trinajstić information content (AvgIpc) is 2.46. The molecule has 4 heteroatoms. The van der Waals surface area contributed by atoms with Crippen molar-refractivity contribution in [1.82, 2.24) is 9.80 Å². The predicted octanol–water partition coefficient (Wildman–Crippen LogP) is 0.693. The fourth-order valence-electron chi connectivity index (χ4n) is 2.33. The van der Waals surface area contributed by atoms with Crippen molar-refractivity contribution in [3.63, 3.8) is 0 Å². The Bertz CT molecular complexity index is 549. The Hall–Kier alpha value is -1.83. The van der Waals surface area contributed by atoms with E-state index < -0.39 is 0 Å². The summed E-state index contributed by atoms with van der Waals surface area (Å²) in [5.74, 6) is 5.97. The predicted molar refractivity (Wildman–Crippen MR) is 80.5 cm³/mol. The normalized spacial score (nSPS) is 15.7. The van der Waals surface area contributed by atoms with Gasteiger partial charge in [-0.2, -0.15) is 0 Å². The lowest BCUT2D eigenvalue weighted by atomic mass is 10.0. The number of nitrogens with zero attached hydrogens (tertiary/aromatic N) is 2. The van der Waals surface area contributed by atoms with Crippen molar-refractivity contribution in [3.8, 4) is 11.8 Å². The SMILES string of the molecule is Cc1c(C#CCN)cccc1C(=O)N1CCN(C)CC1. The zero-order valence-electron chi connectivity index (χ0n) is 12.1. The number of amides is 1. The van der Waals surface area contributed by atoms with Crippen LogP contribution in [0.15, 0.2) is 18.2 Å². The van der Waals surface area contributed by atoms with Crippen molar-refractivity contribution in [3.05, 3.63) is 34.9 Å². The summed E-state index contributed by atoms with van der Waals surface area (Å²) in [6.45, 7) is 5.70. The lowest BCUT2D eigenvalue weighted by molar-refractivity contribution is 0.0663. The van der Waals surface area contributed by atoms with Crippen LogP contribution >= 0.6 is 0 Å². The summed E-state index contributed by atoms with van der Waals surface area (Å²) < 4.78 is 0. The molecule has 1 heterocycles. The zero-order valence-corrected chi connectivity index (χ0v) is 12.1. The van der Waals surface area contributed by atoms with Crippen LogP contribution in [-0.2, 0) is 0 Å². The van der Waals surface area contributed by atoms with Crippen molar-refractivity contribution < 1.29 is 4.79 Å². The minimum Gasteiger partial charge on any atom is -0.336 e. The van der Waals surface area contributed by atoms with Gasteiger partial charge in [-0.05, 0) is 31.7 Å². The van der Waals surface area contributed by atoms with E-state index in [1.54, 1.807) is 0 Å². The maximum absolute atomic E-state index is 12.6. The van der Waals surface area contributed by atoms with Crippen molar-refractivity contribution >= 4 is 5.91 Å². The smallest absolute Gasteiger partial charge is 0.254 e. The van der Waals surface area contributed by atoms with Crippen LogP contribution in [0.5, 0.6) is 0 Å². The number of carbonyl (C=O) groups is 1. The molecule has 0 bridgehead atoms. The van der Waals surface area contributed by atoms with Crippen LogP contribution < -0.4 is 5.73 Å². The molecule has 2 rings (SSSR count). The number of hydrogen-bond donors (Lipinski definition) is 1. The largest absolute Gasteiger partial charge is 0.336 e. The van der Waals surface area contributed by atoms with Gasteiger partial charge in [-0.25, -0.2) is 0 Å². The van der Waals surface area contributed by atoms with Gasteiger partial charge in [0.15, 0.2) is 0 Å². The number of rotatable bonds is 1. The Labute approximate surface area is 120 Å². The summed E-state index contributed by atoms with van der Waals surface area (Å²) in [6, 6.07) is 5.69. The molecule has 1 aromatic rings. The van der Waals surface area contributed by atoms with Gasteiger partial charge < -0.3 is 15.5 Å². The van der Waals surface area contributed by atoms with Crippen molar-refractivity contribution in [2.24, 2.45) is 5.73 Å². The molecule has 1 fully saturated rings. The van der Waals surface area contributed by atoms with Gasteiger partial charge in [0.05, 0.1) is 6.54 Å². The molecule has 0 saturated carbocycles. The Balaban J connectivity index is 2.22. The third kappa shape index (κ3) is 3.19. The summed E-state index contributed by atoms with van der Waals surface area (Å²) >= 11 is 0. The minimum atomic E-state index is 0.104. The van der Waals surface area contributed by atoms with Gasteiger partial charge >= 0.3 is 0 Å². The summed E-state index contributed by atoms with van der Waals surface area (Å²) in [4.78, 5) is 16.7. The second-order valence-electron chi connectivity index (χ2n) is 5.08. The quantitative estimate of drug-likeness (QED) is 0.765. The van der Waals surface area contributed by atoms with E-state index in [1.807, 2.05) is 30.0 Å². The highest BCUT2D eigenvalue weighted by atomic mass is 16.2. The summed E-state index contributed by atoms with van der Waals surface area (Å²) in [7, 11) is 2.08. The third-order valence-corrected chi connectivity index (χ3v) is 3.68. The number of nitrogens with two attached hydrogens (primary N) is 1. The Morgan fingerprint density at radius 1 is 1.30 bits per heavy atom. The van der Waals surface area contributed by atoms with Crippen LogP contribution in [0.2, 0.25) is 0 Å². The van der Waals surface area contributed by atoms with E-state index in [4.69, 9.17) is 5.73 Å². The van der Waals surface area contributed by atoms with Gasteiger partial charge in [-0.15, -0.1) is 0 Å². The van der Waals surface area contributed by atoms with E-state index >= 15 is 0 Å². The van der Waals surface area contributed by atoms with Gasteiger partial charge in [0.2, 0.25) is 0 Å². The van der Waals surface area contributed by atoms with E-state index in [1.165, 1.54) is 0 Å². The lowest BCUT2D eigenvalue weighted by Crippen LogP contribution is -2.47. The highest BCUT2D eigenvalue weighted by Gasteiger charge is 2.21. The van der Waals surface area contributed by atoms with E-state index in [0.29, 0.717) is 6.54 Å². The third-order valence-electron chi connectivity index (χ3n) is 3.68. The molecule has 1 aromatic carbocycles. The second kappa shape index (κ2) is 6.56. The maximum atomic E-state index is 12.6. The first-order valence-electron chi connectivity index (χ1n) is 6.90. The van der Waals surface area contributed by atoms with Crippen LogP contribution in [0.4, 0.5) is 0 Å². The minimum absolute atomic E-state index is 0.104. The molecule has 0 spiro atoms. The number of piperazine rings is 1. The summed E-state index contributed by atoms with van der Waals surface area (Å²) in [6.07, 6.45) is 0. The molecule has 0 atom stereocenters. The van der Waals surface area contributed by atoms with Crippen molar-refractivity contribution in [2.45, 2.75) is 6.92 Å². The fourth-order valence-corrected chi connectivity index (χ4v) is 2.33. The van der Waals surface area contributed by atoms with Gasteiger partial charge in [0.1, 0.15) is 0 Å². The Kier molecular flexibility index (Phi) is 4.78. The van der Waals surface area contributed by atoms with Crippen LogP contribution in [0.3, 0.4) is 0 Å². The Morgan fingerprint density at radius 3 is 2.65 bits per heavy atom. The number of benzene rings is 1. The van der Waals surface area contributed by atoms with Gasteiger partial charge in [0, 0.05) is 37.3 Å². The lowest BCUT2D eigenvalue weighted by Gasteiger charge is -2.32. The van der Waals surface area contributed by atoms with Crippen molar-refractivity contribution in [1.29, 1.82) is 0 Å². The number of likely N-dealkylation sites (N-methyl/N-ethyl adjacent to an activating group) is 1. The molecule has 20 heavy (non-hydrogen) atoms. The first-order chi connectivity index (χ1) is 9.63. The molecule has 0 radical (unpaired) electrons. The number of hydrogen-bond acceptors (Lipinski definition) is 3. The molecule has 2 N–H and O–H groups in total. The number of carbonyl (C=O) groups excluding carboxylic acids is 1. The first-order valence-corrected chi connectivity index (χ1v) is 6.90. The van der Waals surface area contributed by atoms with E-state index in [0.717, 1.165) is 42.9 Å². The Morgan fingerprint density at radius 2 is 2.00 bits per heavy atom. The van der Waals surface area contributed by atoms with E-state index in [-0.39, 0.29) is 5.91 Å². The van der Waals surface area contributed by atoms with Crippen LogP contribution in [-0.4, -0.2) is 55.5 Å². The standard InChI is InChI=1S/C16H21N3O/c1-13-14(6-4-8-17)5-3-7-15(13)16(20)19-11-9-18(2)10-12-19/h3,5,7H,8-12,17H2,1-2H3. The highest BCUT2D eigenvalue weighted by Crippen LogP contribution is 2.16. The molecular weight excluding hydrogens is 250 g/mol. The van der Waals surface area contributed by atoms with E-state index in [2.05, 4.69) is 23.8 Å². The second-order valence-corrected chi connectivity index (χ2v) is 5.08. The highest BCUT2D eigenvalue weighted by molar-refractivity contribution is 5.96. The fraction of sp³-hybridized carbons (Fsp3) is 0.438. The molecule has 0 aliphatic carbocycles. The van der Waals surface area contributed by atoms with Gasteiger partial charge in [-0.1, -0.05) is 17.9 Å².